The molecule has 0 radical (unpaired) electrons. The Hall–Kier alpha value is -1.93. The molecule has 3 N–H and O–H groups in total. The normalized spacial score (nSPS) is 10.6. The molecule has 2 rings (SSSR count). The summed E-state index contributed by atoms with van der Waals surface area (Å²) in [5.74, 6) is 6.03. The van der Waals surface area contributed by atoms with Crippen molar-refractivity contribution >= 4 is 28.7 Å². The topological polar surface area (TPSA) is 91.4 Å². The maximum atomic E-state index is 11.5. The fourth-order valence-corrected chi connectivity index (χ4v) is 2.50. The number of carbonyl (C=O) groups excluding carboxylic acids is 1. The van der Waals surface area contributed by atoms with Crippen LogP contribution in [0.3, 0.4) is 0 Å². The summed E-state index contributed by atoms with van der Waals surface area (Å²) in [7, 11) is 3.13. The van der Waals surface area contributed by atoms with Crippen molar-refractivity contribution in [2.45, 2.75) is 11.7 Å². The molecule has 1 aromatic heterocycles. The molecule has 20 heavy (non-hydrogen) atoms. The van der Waals surface area contributed by atoms with Crippen molar-refractivity contribution < 1.29 is 14.3 Å². The number of nitrogens with two attached hydrogens (primary N) is 1. The zero-order valence-electron chi connectivity index (χ0n) is 11.5. The molecule has 1 heterocycles. The lowest BCUT2D eigenvalue weighted by molar-refractivity contribution is -0.121. The minimum Gasteiger partial charge on any atom is -0.493 e. The van der Waals surface area contributed by atoms with Gasteiger partial charge in [-0.05, 0) is 6.26 Å². The molecule has 1 aromatic carbocycles. The van der Waals surface area contributed by atoms with E-state index in [9.17, 15) is 4.79 Å². The largest absolute Gasteiger partial charge is 0.493 e. The van der Waals surface area contributed by atoms with Crippen LogP contribution in [-0.4, -0.2) is 35.9 Å². The number of fused-ring (bicyclic) bond motifs is 1. The Kier molecular flexibility index (Phi) is 4.35. The van der Waals surface area contributed by atoms with Crippen LogP contribution in [0.1, 0.15) is 0 Å². The van der Waals surface area contributed by atoms with Crippen molar-refractivity contribution in [2.75, 3.05) is 20.5 Å². The molecule has 0 fully saturated rings. The molecular weight excluding hydrogens is 280 g/mol. The number of ether oxygens (including phenoxy) is 2. The molecule has 0 aliphatic rings. The van der Waals surface area contributed by atoms with Crippen LogP contribution >= 0.6 is 11.8 Å². The van der Waals surface area contributed by atoms with Crippen LogP contribution in [0.2, 0.25) is 0 Å². The SMILES string of the molecule is COc1cc2nc(SC)n(CC(=O)NN)c2cc1OC. The Morgan fingerprint density at radius 2 is 2.05 bits per heavy atom. The maximum Gasteiger partial charge on any atom is 0.253 e. The van der Waals surface area contributed by atoms with Crippen LogP contribution in [0, 0.1) is 0 Å². The van der Waals surface area contributed by atoms with Crippen molar-refractivity contribution in [3.8, 4) is 11.5 Å². The molecule has 0 unspecified atom stereocenters. The summed E-state index contributed by atoms with van der Waals surface area (Å²) in [6.07, 6.45) is 1.90. The summed E-state index contributed by atoms with van der Waals surface area (Å²) in [5, 5.41) is 0.721. The first-order valence-electron chi connectivity index (χ1n) is 5.80. The van der Waals surface area contributed by atoms with Crippen LogP contribution in [0.4, 0.5) is 0 Å². The van der Waals surface area contributed by atoms with E-state index in [-0.39, 0.29) is 12.5 Å². The number of imidazole rings is 1. The van der Waals surface area contributed by atoms with Crippen molar-refractivity contribution in [3.05, 3.63) is 12.1 Å². The predicted molar refractivity (Wildman–Crippen MR) is 76.9 cm³/mol. The lowest BCUT2D eigenvalue weighted by Gasteiger charge is -2.09. The molecule has 0 bridgehead atoms. The molecular formula is C12H16N4O3S. The van der Waals surface area contributed by atoms with Gasteiger partial charge in [-0.25, -0.2) is 10.8 Å². The number of amides is 1. The number of methoxy groups -OCH3 is 2. The van der Waals surface area contributed by atoms with Crippen LogP contribution < -0.4 is 20.7 Å². The Morgan fingerprint density at radius 1 is 1.40 bits per heavy atom. The van der Waals surface area contributed by atoms with Crippen LogP contribution in [0.25, 0.3) is 11.0 Å². The van der Waals surface area contributed by atoms with Gasteiger partial charge in [0.05, 0.1) is 25.3 Å². The standard InChI is InChI=1S/C12H16N4O3S/c1-18-9-4-7-8(5-10(9)19-2)16(6-11(17)15-13)12(14-7)20-3/h4-5H,6,13H2,1-3H3,(H,15,17). The summed E-state index contributed by atoms with van der Waals surface area (Å²) >= 11 is 1.45. The first kappa shape index (κ1) is 14.5. The predicted octanol–water partition coefficient (Wildman–Crippen LogP) is 0.765. The van der Waals surface area contributed by atoms with Gasteiger partial charge in [0.15, 0.2) is 16.7 Å². The smallest absolute Gasteiger partial charge is 0.253 e. The number of benzene rings is 1. The van der Waals surface area contributed by atoms with Gasteiger partial charge < -0.3 is 14.0 Å². The Labute approximate surface area is 120 Å². The molecule has 0 aliphatic carbocycles. The van der Waals surface area contributed by atoms with E-state index in [1.54, 1.807) is 30.9 Å². The van der Waals surface area contributed by atoms with Crippen LogP contribution in [-0.2, 0) is 11.3 Å². The maximum absolute atomic E-state index is 11.5. The summed E-state index contributed by atoms with van der Waals surface area (Å²) in [5.41, 5.74) is 3.64. The molecule has 0 saturated carbocycles. The summed E-state index contributed by atoms with van der Waals surface area (Å²) < 4.78 is 12.3. The van der Waals surface area contributed by atoms with Gasteiger partial charge in [-0.15, -0.1) is 0 Å². The number of hydrazine groups is 1. The number of hydrogen-bond acceptors (Lipinski definition) is 6. The van der Waals surface area contributed by atoms with E-state index >= 15 is 0 Å². The third kappa shape index (κ3) is 2.52. The fraction of sp³-hybridized carbons (Fsp3) is 0.333. The van der Waals surface area contributed by atoms with E-state index < -0.39 is 0 Å². The van der Waals surface area contributed by atoms with E-state index in [2.05, 4.69) is 10.4 Å². The third-order valence-corrected chi connectivity index (χ3v) is 3.54. The Bertz CT molecular complexity index is 641. The van der Waals surface area contributed by atoms with Gasteiger partial charge in [0.25, 0.3) is 5.91 Å². The summed E-state index contributed by atoms with van der Waals surface area (Å²) in [6, 6.07) is 3.58. The van der Waals surface area contributed by atoms with Gasteiger partial charge in [0.1, 0.15) is 6.54 Å². The first-order chi connectivity index (χ1) is 9.64. The second-order valence-electron chi connectivity index (χ2n) is 3.95. The number of carbonyl (C=O) groups is 1. The molecule has 7 nitrogen and oxygen atoms in total. The van der Waals surface area contributed by atoms with Crippen molar-refractivity contribution in [2.24, 2.45) is 5.84 Å². The quantitative estimate of drug-likeness (QED) is 0.366. The third-order valence-electron chi connectivity index (χ3n) is 2.86. The highest BCUT2D eigenvalue weighted by atomic mass is 32.2. The van der Waals surface area contributed by atoms with Crippen LogP contribution in [0.5, 0.6) is 11.5 Å². The minimum absolute atomic E-state index is 0.0959. The van der Waals surface area contributed by atoms with Gasteiger partial charge in [-0.2, -0.15) is 0 Å². The van der Waals surface area contributed by atoms with Gasteiger partial charge in [0.2, 0.25) is 0 Å². The second kappa shape index (κ2) is 6.02. The molecule has 2 aromatic rings. The summed E-state index contributed by atoms with van der Waals surface area (Å²) in [6.45, 7) is 0.0959. The van der Waals surface area contributed by atoms with Crippen molar-refractivity contribution in [1.29, 1.82) is 0 Å². The Morgan fingerprint density at radius 3 is 2.60 bits per heavy atom. The monoisotopic (exact) mass is 296 g/mol. The second-order valence-corrected chi connectivity index (χ2v) is 4.72. The highest BCUT2D eigenvalue weighted by Crippen LogP contribution is 2.33. The molecule has 1 amide bonds. The molecule has 0 aliphatic heterocycles. The highest BCUT2D eigenvalue weighted by molar-refractivity contribution is 7.98. The number of hydrogen-bond donors (Lipinski definition) is 2. The van der Waals surface area contributed by atoms with Crippen molar-refractivity contribution in [3.63, 3.8) is 0 Å². The number of nitrogens with zero attached hydrogens (tertiary/aromatic N) is 2. The van der Waals surface area contributed by atoms with E-state index in [4.69, 9.17) is 15.3 Å². The van der Waals surface area contributed by atoms with Gasteiger partial charge in [-0.3, -0.25) is 10.2 Å². The highest BCUT2D eigenvalue weighted by Gasteiger charge is 2.16. The van der Waals surface area contributed by atoms with Gasteiger partial charge in [0, 0.05) is 12.1 Å². The molecule has 0 atom stereocenters. The zero-order valence-corrected chi connectivity index (χ0v) is 12.3. The zero-order chi connectivity index (χ0) is 14.7. The fourth-order valence-electron chi connectivity index (χ4n) is 1.93. The average molecular weight is 296 g/mol. The summed E-state index contributed by atoms with van der Waals surface area (Å²) in [4.78, 5) is 16.0. The van der Waals surface area contributed by atoms with Crippen molar-refractivity contribution in [1.82, 2.24) is 15.0 Å². The number of thioether (sulfide) groups is 1. The van der Waals surface area contributed by atoms with Gasteiger partial charge in [-0.1, -0.05) is 11.8 Å². The van der Waals surface area contributed by atoms with Gasteiger partial charge >= 0.3 is 0 Å². The lowest BCUT2D eigenvalue weighted by Crippen LogP contribution is -2.33. The average Bonchev–Trinajstić information content (AvgIpc) is 2.82. The van der Waals surface area contributed by atoms with E-state index in [1.807, 2.05) is 6.26 Å². The van der Waals surface area contributed by atoms with E-state index in [0.29, 0.717) is 11.5 Å². The van der Waals surface area contributed by atoms with E-state index in [0.717, 1.165) is 16.2 Å². The molecule has 108 valence electrons. The number of rotatable bonds is 5. The minimum atomic E-state index is -0.297. The first-order valence-corrected chi connectivity index (χ1v) is 7.02. The van der Waals surface area contributed by atoms with E-state index in [1.165, 1.54) is 11.8 Å². The van der Waals surface area contributed by atoms with Crippen LogP contribution in [0.15, 0.2) is 17.3 Å². The number of nitrogens with one attached hydrogen (secondary N) is 1. The lowest BCUT2D eigenvalue weighted by atomic mass is 10.2. The molecule has 8 heteroatoms. The Balaban J connectivity index is 2.62. The molecule has 0 spiro atoms. The molecule has 0 saturated heterocycles. The number of aromatic nitrogens is 2.